The molecule has 0 aliphatic heterocycles. The van der Waals surface area contributed by atoms with Crippen LogP contribution in [0.5, 0.6) is 0 Å². The third-order valence-electron chi connectivity index (χ3n) is 7.40. The molecule has 0 heterocycles. The Kier molecular flexibility index (Phi) is 5.26. The lowest BCUT2D eigenvalue weighted by atomic mass is 9.43. The first kappa shape index (κ1) is 20.8. The Morgan fingerprint density at radius 2 is 1.76 bits per heavy atom. The van der Waals surface area contributed by atoms with Crippen molar-refractivity contribution in [3.05, 3.63) is 12.7 Å². The molecule has 0 aromatic carbocycles. The van der Waals surface area contributed by atoms with Crippen molar-refractivity contribution in [3.8, 4) is 0 Å². The summed E-state index contributed by atoms with van der Waals surface area (Å²) in [4.78, 5) is 0. The SMILES string of the molecule is C=C[C@](C)(O)[C@H](O)C[C@@H]1[C@](C)(O)[C@H](O)[C@H](O)[C@@H]2C(C)(C)CCC[C@]21C. The minimum Gasteiger partial charge on any atom is -0.390 e. The smallest absolute Gasteiger partial charge is 0.109 e. The molecule has 5 nitrogen and oxygen atoms in total. The quantitative estimate of drug-likeness (QED) is 0.493. The van der Waals surface area contributed by atoms with Crippen LogP contribution in [0.15, 0.2) is 12.7 Å². The standard InChI is InChI=1S/C20H36O5/c1-7-19(5,24)13(21)11-12-18(4)10-8-9-17(2,3)15(18)14(22)16(23)20(12,6)25/h7,12-16,21-25H,1,8-11H2,2-6H3/t12-,13+,14+,15+,16+,18-,19-,20-/m0/s1. The molecule has 5 N–H and O–H groups in total. The number of rotatable bonds is 4. The fraction of sp³-hybridized carbons (Fsp3) is 0.900. The normalized spacial score (nSPS) is 47.4. The number of hydrogen-bond acceptors (Lipinski definition) is 5. The second-order valence-electron chi connectivity index (χ2n) is 9.72. The van der Waals surface area contributed by atoms with Gasteiger partial charge in [0.15, 0.2) is 0 Å². The molecule has 0 saturated heterocycles. The molecular weight excluding hydrogens is 320 g/mol. The summed E-state index contributed by atoms with van der Waals surface area (Å²) in [5.74, 6) is -0.667. The fourth-order valence-electron chi connectivity index (χ4n) is 5.88. The van der Waals surface area contributed by atoms with Gasteiger partial charge in [-0.15, -0.1) is 6.58 Å². The van der Waals surface area contributed by atoms with Crippen LogP contribution in [0.1, 0.15) is 60.3 Å². The fourth-order valence-corrected chi connectivity index (χ4v) is 5.88. The largest absolute Gasteiger partial charge is 0.390 e. The average Bonchev–Trinajstić information content (AvgIpc) is 2.48. The first-order valence-electron chi connectivity index (χ1n) is 9.34. The lowest BCUT2D eigenvalue weighted by Crippen LogP contribution is -2.70. The van der Waals surface area contributed by atoms with Crippen LogP contribution in [0, 0.1) is 22.7 Å². The molecule has 2 aliphatic rings. The van der Waals surface area contributed by atoms with E-state index in [1.807, 2.05) is 6.92 Å². The molecule has 2 fully saturated rings. The van der Waals surface area contributed by atoms with Gasteiger partial charge in [0.25, 0.3) is 0 Å². The Morgan fingerprint density at radius 3 is 2.28 bits per heavy atom. The van der Waals surface area contributed by atoms with Crippen molar-refractivity contribution in [2.45, 2.75) is 89.8 Å². The predicted octanol–water partition coefficient (Wildman–Crippen LogP) is 1.61. The van der Waals surface area contributed by atoms with Crippen LogP contribution in [-0.2, 0) is 0 Å². The summed E-state index contributed by atoms with van der Waals surface area (Å²) in [7, 11) is 0. The Bertz CT molecular complexity index is 512. The number of aliphatic hydroxyl groups is 5. The zero-order valence-electron chi connectivity index (χ0n) is 16.2. The van der Waals surface area contributed by atoms with Crippen LogP contribution in [0.4, 0.5) is 0 Å². The van der Waals surface area contributed by atoms with E-state index in [0.717, 1.165) is 19.3 Å². The molecule has 0 amide bonds. The zero-order chi connectivity index (χ0) is 19.4. The molecule has 146 valence electrons. The lowest BCUT2D eigenvalue weighted by molar-refractivity contribution is -0.272. The summed E-state index contributed by atoms with van der Waals surface area (Å²) in [6.07, 6.45) is 0.685. The Balaban J connectivity index is 2.49. The van der Waals surface area contributed by atoms with Gasteiger partial charge < -0.3 is 25.5 Å². The van der Waals surface area contributed by atoms with E-state index in [1.54, 1.807) is 0 Å². The van der Waals surface area contributed by atoms with Crippen molar-refractivity contribution in [2.24, 2.45) is 22.7 Å². The van der Waals surface area contributed by atoms with Gasteiger partial charge in [-0.05, 0) is 55.8 Å². The minimum atomic E-state index is -1.56. The summed E-state index contributed by atoms with van der Waals surface area (Å²) in [6.45, 7) is 12.8. The maximum Gasteiger partial charge on any atom is 0.109 e. The van der Waals surface area contributed by atoms with Crippen molar-refractivity contribution in [1.82, 2.24) is 0 Å². The van der Waals surface area contributed by atoms with Gasteiger partial charge in [0.2, 0.25) is 0 Å². The molecular formula is C20H36O5. The third kappa shape index (κ3) is 3.19. The minimum absolute atomic E-state index is 0.124. The van der Waals surface area contributed by atoms with Gasteiger partial charge in [-0.1, -0.05) is 33.3 Å². The predicted molar refractivity (Wildman–Crippen MR) is 96.8 cm³/mol. The molecule has 8 atom stereocenters. The molecule has 25 heavy (non-hydrogen) atoms. The van der Waals surface area contributed by atoms with E-state index in [-0.39, 0.29) is 17.8 Å². The van der Waals surface area contributed by atoms with Gasteiger partial charge in [-0.3, -0.25) is 0 Å². The molecule has 2 aliphatic carbocycles. The van der Waals surface area contributed by atoms with Gasteiger partial charge in [0.1, 0.15) is 11.7 Å². The zero-order valence-corrected chi connectivity index (χ0v) is 16.2. The molecule has 0 bridgehead atoms. The van der Waals surface area contributed by atoms with Crippen molar-refractivity contribution in [2.75, 3.05) is 0 Å². The highest BCUT2D eigenvalue weighted by Crippen LogP contribution is 2.63. The van der Waals surface area contributed by atoms with Crippen molar-refractivity contribution in [1.29, 1.82) is 0 Å². The maximum atomic E-state index is 11.1. The van der Waals surface area contributed by atoms with E-state index in [4.69, 9.17) is 0 Å². The average molecular weight is 357 g/mol. The van der Waals surface area contributed by atoms with Gasteiger partial charge in [-0.25, -0.2) is 0 Å². The Labute approximate surface area is 151 Å². The van der Waals surface area contributed by atoms with Crippen LogP contribution in [0.2, 0.25) is 0 Å². The van der Waals surface area contributed by atoms with Crippen LogP contribution >= 0.6 is 0 Å². The molecule has 0 spiro atoms. The van der Waals surface area contributed by atoms with Crippen LogP contribution < -0.4 is 0 Å². The molecule has 0 aromatic heterocycles. The highest BCUT2D eigenvalue weighted by atomic mass is 16.4. The number of aliphatic hydroxyl groups excluding tert-OH is 3. The summed E-state index contributed by atoms with van der Waals surface area (Å²) in [6, 6.07) is 0. The molecule has 5 heteroatoms. The Hall–Kier alpha value is -0.460. The van der Waals surface area contributed by atoms with Gasteiger partial charge in [0, 0.05) is 0 Å². The topological polar surface area (TPSA) is 101 Å². The monoisotopic (exact) mass is 356 g/mol. The molecule has 0 unspecified atom stereocenters. The summed E-state index contributed by atoms with van der Waals surface area (Å²) in [5, 5.41) is 53.5. The van der Waals surface area contributed by atoms with E-state index < -0.39 is 40.8 Å². The second kappa shape index (κ2) is 6.31. The first-order valence-corrected chi connectivity index (χ1v) is 9.34. The molecule has 0 aromatic rings. The Morgan fingerprint density at radius 1 is 1.20 bits per heavy atom. The number of hydrogen-bond donors (Lipinski definition) is 5. The maximum absolute atomic E-state index is 11.1. The van der Waals surface area contributed by atoms with Crippen molar-refractivity contribution >= 4 is 0 Å². The molecule has 0 radical (unpaired) electrons. The van der Waals surface area contributed by atoms with Crippen molar-refractivity contribution in [3.63, 3.8) is 0 Å². The highest BCUT2D eigenvalue weighted by molar-refractivity contribution is 5.15. The van der Waals surface area contributed by atoms with E-state index in [9.17, 15) is 25.5 Å². The summed E-state index contributed by atoms with van der Waals surface area (Å²) < 4.78 is 0. The summed E-state index contributed by atoms with van der Waals surface area (Å²) >= 11 is 0. The highest BCUT2D eigenvalue weighted by Gasteiger charge is 2.65. The lowest BCUT2D eigenvalue weighted by Gasteiger charge is -2.64. The van der Waals surface area contributed by atoms with Crippen LogP contribution in [-0.4, -0.2) is 55.0 Å². The van der Waals surface area contributed by atoms with Crippen LogP contribution in [0.25, 0.3) is 0 Å². The van der Waals surface area contributed by atoms with E-state index in [0.29, 0.717) is 0 Å². The first-order chi connectivity index (χ1) is 11.2. The van der Waals surface area contributed by atoms with Crippen molar-refractivity contribution < 1.29 is 25.5 Å². The molecule has 2 saturated carbocycles. The van der Waals surface area contributed by atoms with Gasteiger partial charge >= 0.3 is 0 Å². The third-order valence-corrected chi connectivity index (χ3v) is 7.40. The molecule has 2 rings (SSSR count). The number of fused-ring (bicyclic) bond motifs is 1. The van der Waals surface area contributed by atoms with Crippen LogP contribution in [0.3, 0.4) is 0 Å². The van der Waals surface area contributed by atoms with E-state index in [2.05, 4.69) is 20.4 Å². The van der Waals surface area contributed by atoms with E-state index >= 15 is 0 Å². The second-order valence-corrected chi connectivity index (χ2v) is 9.72. The van der Waals surface area contributed by atoms with Gasteiger partial charge in [-0.2, -0.15) is 0 Å². The van der Waals surface area contributed by atoms with Gasteiger partial charge in [0.05, 0.1) is 17.8 Å². The summed E-state index contributed by atoms with van der Waals surface area (Å²) in [5.41, 5.74) is -3.68. The van der Waals surface area contributed by atoms with E-state index in [1.165, 1.54) is 19.9 Å².